The minimum atomic E-state index is -5.20. The number of alkyl halides is 3. The summed E-state index contributed by atoms with van der Waals surface area (Å²) in [6, 6.07) is 14.7. The lowest BCUT2D eigenvalue weighted by Gasteiger charge is -2.29. The van der Waals surface area contributed by atoms with Gasteiger partial charge in [-0.3, -0.25) is 4.79 Å². The van der Waals surface area contributed by atoms with Crippen LogP contribution in [0.25, 0.3) is 11.1 Å². The number of carbonyl (C=O) groups excluding carboxylic acids is 2. The second kappa shape index (κ2) is 9.74. The minimum absolute atomic E-state index is 0.0354. The second-order valence-corrected chi connectivity index (χ2v) is 8.26. The molecule has 0 heterocycles. The number of hydrogen-bond donors (Lipinski definition) is 3. The van der Waals surface area contributed by atoms with Crippen LogP contribution in [0, 0.1) is 0 Å². The number of carboxylic acids is 1. The largest absolute Gasteiger partial charge is 0.479 e. The molecule has 182 valence electrons. The maximum atomic E-state index is 13.1. The van der Waals surface area contributed by atoms with E-state index in [1.54, 1.807) is 6.92 Å². The monoisotopic (exact) mass is 478 g/mol. The maximum Gasteiger partial charge on any atom is 0.422 e. The highest BCUT2D eigenvalue weighted by Crippen LogP contribution is 2.44. The maximum absolute atomic E-state index is 13.1. The van der Waals surface area contributed by atoms with Crippen molar-refractivity contribution in [1.29, 1.82) is 0 Å². The van der Waals surface area contributed by atoms with Gasteiger partial charge in [-0.05, 0) is 35.6 Å². The number of halogens is 3. The molecule has 2 aromatic rings. The fraction of sp³-hybridized carbons (Fsp3) is 0.375. The quantitative estimate of drug-likeness (QED) is 0.527. The number of rotatable bonds is 8. The molecule has 0 fully saturated rings. The Hall–Kier alpha value is -3.56. The first kappa shape index (κ1) is 25.1. The van der Waals surface area contributed by atoms with Crippen molar-refractivity contribution in [2.75, 3.05) is 6.61 Å². The molecule has 0 spiro atoms. The molecule has 7 nitrogen and oxygen atoms in total. The van der Waals surface area contributed by atoms with E-state index in [1.807, 2.05) is 48.5 Å². The molecule has 0 saturated heterocycles. The molecule has 34 heavy (non-hydrogen) atoms. The SMILES string of the molecule is CC[C@H](CC(=O)NC(C)(C(=O)O)C(F)(F)F)NC(=O)OCC1c2ccccc2-c2ccccc21. The fourth-order valence-corrected chi connectivity index (χ4v) is 3.90. The Kier molecular flexibility index (Phi) is 7.18. The molecule has 0 aromatic heterocycles. The molecule has 0 bridgehead atoms. The summed E-state index contributed by atoms with van der Waals surface area (Å²) in [6.45, 7) is 2.03. The van der Waals surface area contributed by atoms with E-state index in [1.165, 1.54) is 5.32 Å². The zero-order valence-electron chi connectivity index (χ0n) is 18.6. The van der Waals surface area contributed by atoms with E-state index in [0.29, 0.717) is 6.92 Å². The summed E-state index contributed by atoms with van der Waals surface area (Å²) in [5.74, 6) is -3.57. The topological polar surface area (TPSA) is 105 Å². The van der Waals surface area contributed by atoms with Crippen LogP contribution < -0.4 is 10.6 Å². The van der Waals surface area contributed by atoms with Crippen molar-refractivity contribution < 1.29 is 37.4 Å². The molecular weight excluding hydrogens is 453 g/mol. The predicted octanol–water partition coefficient (Wildman–Crippen LogP) is 4.22. The van der Waals surface area contributed by atoms with Crippen LogP contribution in [0.5, 0.6) is 0 Å². The molecule has 2 atom stereocenters. The lowest BCUT2D eigenvalue weighted by atomic mass is 9.98. The molecular formula is C24H25F3N2O5. The predicted molar refractivity (Wildman–Crippen MR) is 117 cm³/mol. The van der Waals surface area contributed by atoms with Gasteiger partial charge in [0.25, 0.3) is 0 Å². The molecule has 1 aliphatic rings. The second-order valence-electron chi connectivity index (χ2n) is 8.26. The van der Waals surface area contributed by atoms with Crippen LogP contribution in [0.1, 0.15) is 43.7 Å². The number of amides is 2. The van der Waals surface area contributed by atoms with Crippen LogP contribution in [0.2, 0.25) is 0 Å². The van der Waals surface area contributed by atoms with E-state index in [0.717, 1.165) is 22.3 Å². The molecule has 2 amide bonds. The van der Waals surface area contributed by atoms with E-state index in [9.17, 15) is 27.6 Å². The molecule has 2 aromatic carbocycles. The van der Waals surface area contributed by atoms with E-state index in [-0.39, 0.29) is 18.9 Å². The zero-order valence-corrected chi connectivity index (χ0v) is 18.6. The van der Waals surface area contributed by atoms with Gasteiger partial charge in [0, 0.05) is 18.4 Å². The number of hydrogen-bond acceptors (Lipinski definition) is 4. The van der Waals surface area contributed by atoms with Gasteiger partial charge in [-0.15, -0.1) is 0 Å². The van der Waals surface area contributed by atoms with Gasteiger partial charge in [-0.1, -0.05) is 55.5 Å². The number of carbonyl (C=O) groups is 3. The molecule has 0 aliphatic heterocycles. The Morgan fingerprint density at radius 2 is 1.56 bits per heavy atom. The van der Waals surface area contributed by atoms with Crippen LogP contribution in [0.4, 0.5) is 18.0 Å². The van der Waals surface area contributed by atoms with Crippen LogP contribution in [-0.2, 0) is 14.3 Å². The van der Waals surface area contributed by atoms with Crippen molar-refractivity contribution in [3.63, 3.8) is 0 Å². The molecule has 3 N–H and O–H groups in total. The average Bonchev–Trinajstić information content (AvgIpc) is 3.10. The van der Waals surface area contributed by atoms with Crippen molar-refractivity contribution in [1.82, 2.24) is 10.6 Å². The third kappa shape index (κ3) is 5.00. The summed E-state index contributed by atoms with van der Waals surface area (Å²) in [7, 11) is 0. The first-order valence-electron chi connectivity index (χ1n) is 10.7. The van der Waals surface area contributed by atoms with Crippen molar-refractivity contribution in [3.8, 4) is 11.1 Å². The van der Waals surface area contributed by atoms with Gasteiger partial charge in [0.1, 0.15) is 6.61 Å². The summed E-state index contributed by atoms with van der Waals surface area (Å²) < 4.78 is 44.7. The highest BCUT2D eigenvalue weighted by Gasteiger charge is 2.58. The van der Waals surface area contributed by atoms with Crippen molar-refractivity contribution in [3.05, 3.63) is 59.7 Å². The Labute approximate surface area is 194 Å². The van der Waals surface area contributed by atoms with Crippen LogP contribution in [-0.4, -0.2) is 47.4 Å². The van der Waals surface area contributed by atoms with Crippen LogP contribution >= 0.6 is 0 Å². The van der Waals surface area contributed by atoms with Gasteiger partial charge in [0.05, 0.1) is 0 Å². The van der Waals surface area contributed by atoms with Gasteiger partial charge in [-0.25, -0.2) is 9.59 Å². The summed E-state index contributed by atoms with van der Waals surface area (Å²) in [5.41, 5.74) is 0.709. The number of nitrogens with one attached hydrogen (secondary N) is 2. The zero-order chi connectivity index (χ0) is 25.1. The van der Waals surface area contributed by atoms with Gasteiger partial charge >= 0.3 is 18.2 Å². The normalized spacial score (nSPS) is 15.4. The lowest BCUT2D eigenvalue weighted by molar-refractivity contribution is -0.207. The Bertz CT molecular complexity index is 1040. The molecule has 0 radical (unpaired) electrons. The highest BCUT2D eigenvalue weighted by molar-refractivity contribution is 5.88. The number of carboxylic acid groups (broad SMARTS) is 1. The first-order valence-corrected chi connectivity index (χ1v) is 10.7. The van der Waals surface area contributed by atoms with Gasteiger partial charge in [-0.2, -0.15) is 13.2 Å². The van der Waals surface area contributed by atoms with Crippen molar-refractivity contribution >= 4 is 18.0 Å². The highest BCUT2D eigenvalue weighted by atomic mass is 19.4. The van der Waals surface area contributed by atoms with E-state index in [4.69, 9.17) is 9.84 Å². The summed E-state index contributed by atoms with van der Waals surface area (Å²) in [6.07, 6.45) is -6.35. The Balaban J connectivity index is 1.60. The molecule has 10 heteroatoms. The number of fused-ring (bicyclic) bond motifs is 3. The summed E-state index contributed by atoms with van der Waals surface area (Å²) in [5, 5.41) is 12.9. The van der Waals surface area contributed by atoms with E-state index in [2.05, 4.69) is 5.32 Å². The van der Waals surface area contributed by atoms with Crippen molar-refractivity contribution in [2.24, 2.45) is 0 Å². The minimum Gasteiger partial charge on any atom is -0.479 e. The molecule has 1 unspecified atom stereocenters. The third-order valence-electron chi connectivity index (χ3n) is 5.97. The Morgan fingerprint density at radius 3 is 2.03 bits per heavy atom. The van der Waals surface area contributed by atoms with E-state index < -0.39 is 42.1 Å². The Morgan fingerprint density at radius 1 is 1.03 bits per heavy atom. The summed E-state index contributed by atoms with van der Waals surface area (Å²) in [4.78, 5) is 35.6. The smallest absolute Gasteiger partial charge is 0.422 e. The van der Waals surface area contributed by atoms with Gasteiger partial charge in [0.2, 0.25) is 11.4 Å². The standard InChI is InChI=1S/C24H25F3N2O5/c1-3-14(12-20(30)29-23(2,21(31)32)24(25,26)27)28-22(33)34-13-19-17-10-6-4-8-15(17)16-9-5-7-11-18(16)19/h4-11,14,19H,3,12-13H2,1-2H3,(H,28,33)(H,29,30)(H,31,32)/t14-,23?/m1/s1. The molecule has 0 saturated carbocycles. The lowest BCUT2D eigenvalue weighted by Crippen LogP contribution is -2.62. The number of alkyl carbamates (subject to hydrolysis) is 1. The van der Waals surface area contributed by atoms with Gasteiger partial charge < -0.3 is 20.5 Å². The van der Waals surface area contributed by atoms with Crippen LogP contribution in [0.15, 0.2) is 48.5 Å². The van der Waals surface area contributed by atoms with Crippen molar-refractivity contribution in [2.45, 2.75) is 50.4 Å². The van der Waals surface area contributed by atoms with E-state index >= 15 is 0 Å². The number of ether oxygens (including phenoxy) is 1. The fourth-order valence-electron chi connectivity index (χ4n) is 3.90. The number of aliphatic carboxylic acids is 1. The molecule has 1 aliphatic carbocycles. The summed E-state index contributed by atoms with van der Waals surface area (Å²) >= 11 is 0. The van der Waals surface area contributed by atoms with Gasteiger partial charge in [0.15, 0.2) is 0 Å². The van der Waals surface area contributed by atoms with Crippen LogP contribution in [0.3, 0.4) is 0 Å². The average molecular weight is 478 g/mol. The molecule has 3 rings (SSSR count). The first-order chi connectivity index (χ1) is 16.0. The third-order valence-corrected chi connectivity index (χ3v) is 5.97. The number of benzene rings is 2.